The molecule has 0 amide bonds. The number of aromatic nitrogens is 1. The van der Waals surface area contributed by atoms with Gasteiger partial charge in [-0.05, 0) is 34.1 Å². The van der Waals surface area contributed by atoms with Gasteiger partial charge in [-0.2, -0.15) is 0 Å². The molecule has 0 radical (unpaired) electrons. The van der Waals surface area contributed by atoms with E-state index in [1.807, 2.05) is 42.5 Å². The van der Waals surface area contributed by atoms with Gasteiger partial charge in [-0.1, -0.05) is 29.5 Å². The summed E-state index contributed by atoms with van der Waals surface area (Å²) in [6, 6.07) is 13.5. The third-order valence-corrected chi connectivity index (χ3v) is 3.85. The number of fused-ring (bicyclic) bond motifs is 1. The molecule has 0 atom stereocenters. The topological polar surface area (TPSA) is 48.1 Å². The summed E-state index contributed by atoms with van der Waals surface area (Å²) >= 11 is 4.93. The molecule has 0 saturated carbocycles. The second kappa shape index (κ2) is 4.59. The van der Waals surface area contributed by atoms with Gasteiger partial charge in [0.15, 0.2) is 5.13 Å². The highest BCUT2D eigenvalue weighted by Gasteiger charge is 2.08. The molecule has 0 bridgehead atoms. The molecule has 0 fully saturated rings. The van der Waals surface area contributed by atoms with Crippen LogP contribution in [0.3, 0.4) is 0 Å². The number of anilines is 1. The SMILES string of the molecule is Nc1nc2c(Br)cc(Oc3ccccc3)cc2s1. The lowest BCUT2D eigenvalue weighted by Gasteiger charge is -2.05. The van der Waals surface area contributed by atoms with Gasteiger partial charge in [0.1, 0.15) is 11.5 Å². The Labute approximate surface area is 116 Å². The van der Waals surface area contributed by atoms with Crippen molar-refractivity contribution in [3.05, 3.63) is 46.9 Å². The van der Waals surface area contributed by atoms with Crippen LogP contribution in [0.5, 0.6) is 11.5 Å². The second-order valence-electron chi connectivity index (χ2n) is 3.72. The molecule has 0 spiro atoms. The van der Waals surface area contributed by atoms with Crippen molar-refractivity contribution in [3.8, 4) is 11.5 Å². The van der Waals surface area contributed by atoms with Crippen molar-refractivity contribution < 1.29 is 4.74 Å². The van der Waals surface area contributed by atoms with Crippen LogP contribution >= 0.6 is 27.3 Å². The summed E-state index contributed by atoms with van der Waals surface area (Å²) in [5.41, 5.74) is 6.58. The molecule has 0 aliphatic rings. The van der Waals surface area contributed by atoms with Gasteiger partial charge in [0, 0.05) is 10.5 Å². The predicted molar refractivity (Wildman–Crippen MR) is 78.2 cm³/mol. The Hall–Kier alpha value is -1.59. The lowest BCUT2D eigenvalue weighted by molar-refractivity contribution is 0.483. The Bertz CT molecular complexity index is 697. The number of nitrogens with two attached hydrogens (primary N) is 1. The maximum Gasteiger partial charge on any atom is 0.181 e. The summed E-state index contributed by atoms with van der Waals surface area (Å²) in [5.74, 6) is 1.57. The minimum Gasteiger partial charge on any atom is -0.457 e. The van der Waals surface area contributed by atoms with Crippen LogP contribution in [0.25, 0.3) is 10.2 Å². The fraction of sp³-hybridized carbons (Fsp3) is 0. The Morgan fingerprint density at radius 1 is 1.11 bits per heavy atom. The van der Waals surface area contributed by atoms with Gasteiger partial charge in [0.2, 0.25) is 0 Å². The number of nitrogen functional groups attached to an aromatic ring is 1. The van der Waals surface area contributed by atoms with Crippen LogP contribution in [0.1, 0.15) is 0 Å². The van der Waals surface area contributed by atoms with E-state index in [4.69, 9.17) is 10.5 Å². The average molecular weight is 321 g/mol. The van der Waals surface area contributed by atoms with Crippen LogP contribution in [-0.4, -0.2) is 4.98 Å². The Balaban J connectivity index is 2.02. The molecule has 2 N–H and O–H groups in total. The van der Waals surface area contributed by atoms with Crippen LogP contribution in [0.4, 0.5) is 5.13 Å². The number of rotatable bonds is 2. The van der Waals surface area contributed by atoms with E-state index in [1.165, 1.54) is 11.3 Å². The van der Waals surface area contributed by atoms with Crippen LogP contribution in [0, 0.1) is 0 Å². The van der Waals surface area contributed by atoms with Gasteiger partial charge in [-0.15, -0.1) is 0 Å². The molecule has 3 nitrogen and oxygen atoms in total. The van der Waals surface area contributed by atoms with Crippen molar-refractivity contribution in [2.24, 2.45) is 0 Å². The smallest absolute Gasteiger partial charge is 0.181 e. The highest BCUT2D eigenvalue weighted by molar-refractivity contribution is 9.10. The molecule has 3 aromatic rings. The Morgan fingerprint density at radius 2 is 1.89 bits per heavy atom. The third kappa shape index (κ3) is 2.19. The Morgan fingerprint density at radius 3 is 2.67 bits per heavy atom. The number of para-hydroxylation sites is 1. The van der Waals surface area contributed by atoms with Crippen molar-refractivity contribution in [1.29, 1.82) is 0 Å². The van der Waals surface area contributed by atoms with E-state index in [0.717, 1.165) is 26.2 Å². The fourth-order valence-electron chi connectivity index (χ4n) is 1.67. The summed E-state index contributed by atoms with van der Waals surface area (Å²) < 4.78 is 7.68. The van der Waals surface area contributed by atoms with Gasteiger partial charge in [-0.3, -0.25) is 0 Å². The summed E-state index contributed by atoms with van der Waals surface area (Å²) in [6.07, 6.45) is 0. The summed E-state index contributed by atoms with van der Waals surface area (Å²) in [5, 5.41) is 0.558. The summed E-state index contributed by atoms with van der Waals surface area (Å²) in [4.78, 5) is 4.25. The number of thiazole rings is 1. The van der Waals surface area contributed by atoms with Crippen molar-refractivity contribution in [2.45, 2.75) is 0 Å². The first-order valence-corrected chi connectivity index (χ1v) is 6.92. The van der Waals surface area contributed by atoms with E-state index in [2.05, 4.69) is 20.9 Å². The molecule has 2 aromatic carbocycles. The highest BCUT2D eigenvalue weighted by Crippen LogP contribution is 2.35. The zero-order valence-corrected chi connectivity index (χ0v) is 11.7. The first kappa shape index (κ1) is 11.5. The standard InChI is InChI=1S/C13H9BrN2OS/c14-10-6-9(17-8-4-2-1-3-5-8)7-11-12(10)16-13(15)18-11/h1-7H,(H2,15,16). The molecular formula is C13H9BrN2OS. The third-order valence-electron chi connectivity index (χ3n) is 2.42. The van der Waals surface area contributed by atoms with Crippen LogP contribution in [0.2, 0.25) is 0 Å². The van der Waals surface area contributed by atoms with Gasteiger partial charge in [-0.25, -0.2) is 4.98 Å². The predicted octanol–water partition coefficient (Wildman–Crippen LogP) is 4.43. The second-order valence-corrected chi connectivity index (χ2v) is 5.64. The van der Waals surface area contributed by atoms with E-state index >= 15 is 0 Å². The zero-order valence-electron chi connectivity index (χ0n) is 9.26. The lowest BCUT2D eigenvalue weighted by atomic mass is 10.3. The van der Waals surface area contributed by atoms with Crippen LogP contribution in [-0.2, 0) is 0 Å². The van der Waals surface area contributed by atoms with Crippen molar-refractivity contribution in [3.63, 3.8) is 0 Å². The molecule has 0 saturated heterocycles. The summed E-state index contributed by atoms with van der Waals surface area (Å²) in [6.45, 7) is 0. The number of benzene rings is 2. The minimum atomic E-state index is 0.558. The fourth-order valence-corrected chi connectivity index (χ4v) is 3.11. The van der Waals surface area contributed by atoms with E-state index in [1.54, 1.807) is 0 Å². The van der Waals surface area contributed by atoms with Gasteiger partial charge >= 0.3 is 0 Å². The number of halogens is 1. The molecule has 18 heavy (non-hydrogen) atoms. The molecule has 5 heteroatoms. The van der Waals surface area contributed by atoms with Crippen LogP contribution in [0.15, 0.2) is 46.9 Å². The van der Waals surface area contributed by atoms with Crippen molar-refractivity contribution in [2.75, 3.05) is 5.73 Å². The molecule has 1 aromatic heterocycles. The van der Waals surface area contributed by atoms with E-state index in [9.17, 15) is 0 Å². The molecule has 1 heterocycles. The van der Waals surface area contributed by atoms with Gasteiger partial charge in [0.05, 0.1) is 10.2 Å². The van der Waals surface area contributed by atoms with Gasteiger partial charge < -0.3 is 10.5 Å². The number of hydrogen-bond donors (Lipinski definition) is 1. The maximum absolute atomic E-state index is 5.78. The molecule has 90 valence electrons. The van der Waals surface area contributed by atoms with Crippen molar-refractivity contribution in [1.82, 2.24) is 4.98 Å². The molecule has 0 aliphatic carbocycles. The van der Waals surface area contributed by atoms with Crippen LogP contribution < -0.4 is 10.5 Å². The lowest BCUT2D eigenvalue weighted by Crippen LogP contribution is -1.84. The van der Waals surface area contributed by atoms with Crippen molar-refractivity contribution >= 4 is 42.6 Å². The highest BCUT2D eigenvalue weighted by atomic mass is 79.9. The summed E-state index contributed by atoms with van der Waals surface area (Å²) in [7, 11) is 0. The largest absolute Gasteiger partial charge is 0.457 e. The normalized spacial score (nSPS) is 10.7. The van der Waals surface area contributed by atoms with E-state index < -0.39 is 0 Å². The average Bonchev–Trinajstić information content (AvgIpc) is 2.72. The maximum atomic E-state index is 5.78. The van der Waals surface area contributed by atoms with Gasteiger partial charge in [0.25, 0.3) is 0 Å². The molecule has 0 unspecified atom stereocenters. The zero-order chi connectivity index (χ0) is 12.5. The number of nitrogens with zero attached hydrogens (tertiary/aromatic N) is 1. The minimum absolute atomic E-state index is 0.558. The molecule has 3 rings (SSSR count). The Kier molecular flexibility index (Phi) is 2.93. The number of ether oxygens (including phenoxy) is 1. The molecular weight excluding hydrogens is 312 g/mol. The van der Waals surface area contributed by atoms with E-state index in [-0.39, 0.29) is 0 Å². The first-order chi connectivity index (χ1) is 8.72. The number of hydrogen-bond acceptors (Lipinski definition) is 4. The monoisotopic (exact) mass is 320 g/mol. The quantitative estimate of drug-likeness (QED) is 0.759. The van der Waals surface area contributed by atoms with E-state index in [0.29, 0.717) is 5.13 Å². The first-order valence-electron chi connectivity index (χ1n) is 5.31. The molecule has 0 aliphatic heterocycles.